The molecule has 1 aliphatic carbocycles. The second kappa shape index (κ2) is 7.47. The second-order valence-electron chi connectivity index (χ2n) is 8.19. The quantitative estimate of drug-likeness (QED) is 0.680. The minimum absolute atomic E-state index is 0.237. The molecule has 0 N–H and O–H groups in total. The van der Waals surface area contributed by atoms with Gasteiger partial charge in [0.05, 0.1) is 11.4 Å². The first-order chi connectivity index (χ1) is 12.9. The molecule has 0 spiro atoms. The van der Waals surface area contributed by atoms with Crippen molar-refractivity contribution in [3.8, 4) is 10.8 Å². The van der Waals surface area contributed by atoms with Gasteiger partial charge in [-0.2, -0.15) is 0 Å². The third-order valence-electron chi connectivity index (χ3n) is 5.36. The maximum Gasteiger partial charge on any atom is 0.409 e. The smallest absolute Gasteiger partial charge is 0.409 e. The summed E-state index contributed by atoms with van der Waals surface area (Å²) in [7, 11) is 0. The Morgan fingerprint density at radius 3 is 2.96 bits per heavy atom. The molecule has 8 heteroatoms. The van der Waals surface area contributed by atoms with Gasteiger partial charge < -0.3 is 14.1 Å². The lowest BCUT2D eigenvalue weighted by Crippen LogP contribution is -2.26. The summed E-state index contributed by atoms with van der Waals surface area (Å²) >= 11 is 3.26. The zero-order chi connectivity index (χ0) is 19.0. The van der Waals surface area contributed by atoms with E-state index in [9.17, 15) is 4.79 Å². The molecule has 6 nitrogen and oxygen atoms in total. The van der Waals surface area contributed by atoms with Gasteiger partial charge in [0.15, 0.2) is 0 Å². The number of ether oxygens (including phenoxy) is 1. The van der Waals surface area contributed by atoms with E-state index in [4.69, 9.17) is 9.15 Å². The molecule has 0 bridgehead atoms. The lowest BCUT2D eigenvalue weighted by Gasteiger charge is -2.33. The van der Waals surface area contributed by atoms with E-state index in [2.05, 4.69) is 37.0 Å². The van der Waals surface area contributed by atoms with Crippen LogP contribution in [0.25, 0.3) is 10.8 Å². The Balaban J connectivity index is 1.38. The highest BCUT2D eigenvalue weighted by molar-refractivity contribution is 7.99. The second-order valence-corrected chi connectivity index (χ2v) is 10.4. The van der Waals surface area contributed by atoms with Crippen molar-refractivity contribution in [3.05, 3.63) is 16.5 Å². The van der Waals surface area contributed by atoms with Crippen LogP contribution in [-0.2, 0) is 17.6 Å². The van der Waals surface area contributed by atoms with Crippen molar-refractivity contribution in [1.29, 1.82) is 0 Å². The average molecular weight is 408 g/mol. The summed E-state index contributed by atoms with van der Waals surface area (Å²) in [6.07, 6.45) is 3.29. The van der Waals surface area contributed by atoms with Crippen LogP contribution in [0.3, 0.4) is 0 Å². The number of fused-ring (bicyclic) bond motifs is 1. The van der Waals surface area contributed by atoms with Crippen LogP contribution in [0.5, 0.6) is 0 Å². The molecule has 27 heavy (non-hydrogen) atoms. The molecule has 146 valence electrons. The van der Waals surface area contributed by atoms with Gasteiger partial charge in [0.2, 0.25) is 0 Å². The van der Waals surface area contributed by atoms with E-state index in [1.807, 2.05) is 0 Å². The molecule has 2 aromatic heterocycles. The maximum absolute atomic E-state index is 11.4. The van der Waals surface area contributed by atoms with Crippen molar-refractivity contribution in [2.24, 2.45) is 11.3 Å². The van der Waals surface area contributed by atoms with E-state index in [-0.39, 0.29) is 6.09 Å². The summed E-state index contributed by atoms with van der Waals surface area (Å²) in [5.74, 6) is 2.04. The van der Waals surface area contributed by atoms with Crippen molar-refractivity contribution in [3.63, 3.8) is 0 Å². The van der Waals surface area contributed by atoms with Crippen LogP contribution in [0.15, 0.2) is 15.7 Å². The summed E-state index contributed by atoms with van der Waals surface area (Å²) in [5, 5.41) is 8.94. The standard InChI is InChI=1S/C19H25N3O3S2/c1-19(2,3)13-4-5-14-12(10-13)11-15(27-14)16-20-21-17(25-16)26-9-7-22-6-8-24-18(22)23/h11,13H,4-10H2,1-3H3/t13-/m0/s1. The van der Waals surface area contributed by atoms with Crippen molar-refractivity contribution in [2.45, 2.75) is 45.3 Å². The van der Waals surface area contributed by atoms with E-state index < -0.39 is 0 Å². The highest BCUT2D eigenvalue weighted by Crippen LogP contribution is 2.42. The first-order valence-electron chi connectivity index (χ1n) is 9.40. The summed E-state index contributed by atoms with van der Waals surface area (Å²) in [5.41, 5.74) is 1.79. The third kappa shape index (κ3) is 4.16. The number of cyclic esters (lactones) is 1. The molecule has 1 aliphatic heterocycles. The van der Waals surface area contributed by atoms with Crippen LogP contribution in [0.2, 0.25) is 0 Å². The van der Waals surface area contributed by atoms with Crippen LogP contribution in [0.1, 0.15) is 37.6 Å². The monoisotopic (exact) mass is 407 g/mol. The van der Waals surface area contributed by atoms with Gasteiger partial charge in [0.25, 0.3) is 11.1 Å². The molecule has 0 aromatic carbocycles. The Hall–Kier alpha value is -1.54. The SMILES string of the molecule is CC(C)(C)[C@H]1CCc2sc(-c3nnc(SCCN4CCOC4=O)o3)cc2C1. The van der Waals surface area contributed by atoms with Crippen molar-refractivity contribution in [1.82, 2.24) is 15.1 Å². The van der Waals surface area contributed by atoms with Crippen LogP contribution >= 0.6 is 23.1 Å². The minimum atomic E-state index is -0.237. The number of aromatic nitrogens is 2. The van der Waals surface area contributed by atoms with E-state index >= 15 is 0 Å². The Morgan fingerprint density at radius 2 is 2.22 bits per heavy atom. The molecule has 4 rings (SSSR count). The molecule has 1 amide bonds. The van der Waals surface area contributed by atoms with Crippen LogP contribution in [0, 0.1) is 11.3 Å². The van der Waals surface area contributed by atoms with E-state index in [0.29, 0.717) is 42.0 Å². The van der Waals surface area contributed by atoms with E-state index in [1.54, 1.807) is 16.2 Å². The van der Waals surface area contributed by atoms with Gasteiger partial charge in [0.1, 0.15) is 6.61 Å². The Bertz CT molecular complexity index is 825. The van der Waals surface area contributed by atoms with Crippen molar-refractivity contribution in [2.75, 3.05) is 25.4 Å². The molecular weight excluding hydrogens is 382 g/mol. The number of nitrogens with zero attached hydrogens (tertiary/aromatic N) is 3. The zero-order valence-corrected chi connectivity index (χ0v) is 17.6. The number of aryl methyl sites for hydroxylation is 1. The van der Waals surface area contributed by atoms with Gasteiger partial charge >= 0.3 is 6.09 Å². The summed E-state index contributed by atoms with van der Waals surface area (Å²) in [6.45, 7) is 8.76. The predicted molar refractivity (Wildman–Crippen MR) is 106 cm³/mol. The number of carbonyl (C=O) groups is 1. The molecular formula is C19H25N3O3S2. The van der Waals surface area contributed by atoms with Gasteiger partial charge in [-0.3, -0.25) is 0 Å². The molecule has 1 fully saturated rings. The fraction of sp³-hybridized carbons (Fsp3) is 0.632. The van der Waals surface area contributed by atoms with E-state index in [0.717, 1.165) is 23.6 Å². The van der Waals surface area contributed by atoms with Crippen molar-refractivity contribution >= 4 is 29.2 Å². The first-order valence-corrected chi connectivity index (χ1v) is 11.2. The predicted octanol–water partition coefficient (Wildman–Crippen LogP) is 4.49. The number of thioether (sulfide) groups is 1. The fourth-order valence-corrected chi connectivity index (χ4v) is 5.46. The lowest BCUT2D eigenvalue weighted by atomic mass is 9.72. The number of amides is 1. The molecule has 1 atom stereocenters. The number of rotatable bonds is 5. The largest absolute Gasteiger partial charge is 0.448 e. The number of carbonyl (C=O) groups excluding carboxylic acids is 1. The number of hydrogen-bond donors (Lipinski definition) is 0. The van der Waals surface area contributed by atoms with Gasteiger partial charge in [-0.05, 0) is 42.2 Å². The highest BCUT2D eigenvalue weighted by Gasteiger charge is 2.30. The molecule has 2 aromatic rings. The Morgan fingerprint density at radius 1 is 1.37 bits per heavy atom. The van der Waals surface area contributed by atoms with Gasteiger partial charge in [0, 0.05) is 17.2 Å². The van der Waals surface area contributed by atoms with E-state index in [1.165, 1.54) is 28.6 Å². The fourth-order valence-electron chi connectivity index (χ4n) is 3.61. The molecule has 0 unspecified atom stereocenters. The summed E-state index contributed by atoms with van der Waals surface area (Å²) in [4.78, 5) is 15.7. The number of thiophene rings is 1. The Kier molecular flexibility index (Phi) is 5.20. The molecule has 0 saturated carbocycles. The lowest BCUT2D eigenvalue weighted by molar-refractivity contribution is 0.160. The minimum Gasteiger partial charge on any atom is -0.448 e. The van der Waals surface area contributed by atoms with Crippen LogP contribution < -0.4 is 0 Å². The van der Waals surface area contributed by atoms with Crippen LogP contribution in [0.4, 0.5) is 4.79 Å². The van der Waals surface area contributed by atoms with Crippen molar-refractivity contribution < 1.29 is 13.9 Å². The highest BCUT2D eigenvalue weighted by atomic mass is 32.2. The number of hydrogen-bond acceptors (Lipinski definition) is 7. The third-order valence-corrected chi connectivity index (χ3v) is 7.38. The first kappa shape index (κ1) is 18.8. The molecule has 0 radical (unpaired) electrons. The summed E-state index contributed by atoms with van der Waals surface area (Å²) < 4.78 is 10.8. The van der Waals surface area contributed by atoms with Crippen LogP contribution in [-0.4, -0.2) is 46.6 Å². The normalized spacial score (nSPS) is 20.0. The maximum atomic E-state index is 11.4. The average Bonchev–Trinajstić information content (AvgIpc) is 3.33. The zero-order valence-electron chi connectivity index (χ0n) is 16.0. The molecule has 2 aliphatic rings. The van der Waals surface area contributed by atoms with Gasteiger partial charge in [-0.15, -0.1) is 21.5 Å². The summed E-state index contributed by atoms with van der Waals surface area (Å²) in [6, 6.07) is 2.24. The molecule has 3 heterocycles. The topological polar surface area (TPSA) is 68.5 Å². The Labute approximate surface area is 167 Å². The van der Waals surface area contributed by atoms with Gasteiger partial charge in [-0.25, -0.2) is 4.79 Å². The van der Waals surface area contributed by atoms with Gasteiger partial charge in [-0.1, -0.05) is 32.5 Å². The molecule has 1 saturated heterocycles.